The summed E-state index contributed by atoms with van der Waals surface area (Å²) in [6.07, 6.45) is 6.59. The van der Waals surface area contributed by atoms with Crippen molar-refractivity contribution in [3.05, 3.63) is 53.8 Å². The zero-order valence-electron chi connectivity index (χ0n) is 12.4. The summed E-state index contributed by atoms with van der Waals surface area (Å²) in [5.41, 5.74) is 3.28. The van der Waals surface area contributed by atoms with Crippen molar-refractivity contribution in [2.75, 3.05) is 0 Å². The van der Waals surface area contributed by atoms with E-state index >= 15 is 0 Å². The minimum Gasteiger partial charge on any atom is -0.206 e. The topological polar surface area (TPSA) is 23.8 Å². The molecule has 0 unspecified atom stereocenters. The zero-order valence-corrected chi connectivity index (χ0v) is 13.2. The maximum absolute atomic E-state index is 13.9. The second-order valence-electron chi connectivity index (χ2n) is 5.80. The van der Waals surface area contributed by atoms with Crippen LogP contribution in [0.25, 0.3) is 11.1 Å². The van der Waals surface area contributed by atoms with Crippen LogP contribution in [0.4, 0.5) is 4.39 Å². The van der Waals surface area contributed by atoms with E-state index in [0.29, 0.717) is 10.8 Å². The molecule has 0 radical (unpaired) electrons. The van der Waals surface area contributed by atoms with Gasteiger partial charge in [0.05, 0.1) is 4.90 Å². The van der Waals surface area contributed by atoms with Crippen LogP contribution in [0.2, 0.25) is 0 Å². The molecule has 1 saturated carbocycles. The van der Waals surface area contributed by atoms with E-state index in [2.05, 4.69) is 24.3 Å². The first-order chi connectivity index (χ1) is 10.8. The van der Waals surface area contributed by atoms with E-state index in [9.17, 15) is 4.39 Å². The minimum atomic E-state index is -0.333. The van der Waals surface area contributed by atoms with Crippen molar-refractivity contribution in [2.24, 2.45) is 0 Å². The number of nitrogens with zero attached hydrogens (tertiary/aromatic N) is 1. The van der Waals surface area contributed by atoms with Gasteiger partial charge in [-0.1, -0.05) is 49.6 Å². The molecule has 0 amide bonds. The minimum absolute atomic E-state index is 0.333. The Morgan fingerprint density at radius 2 is 1.64 bits per heavy atom. The third-order valence-electron chi connectivity index (χ3n) is 4.41. The number of hydrogen-bond donors (Lipinski definition) is 0. The highest BCUT2D eigenvalue weighted by atomic mass is 32.2. The Kier molecular flexibility index (Phi) is 4.80. The highest BCUT2D eigenvalue weighted by molar-refractivity contribution is 8.03. The number of halogens is 1. The van der Waals surface area contributed by atoms with Gasteiger partial charge in [-0.05, 0) is 59.3 Å². The molecule has 1 aliphatic carbocycles. The third kappa shape index (κ3) is 3.34. The molecule has 0 aliphatic heterocycles. The van der Waals surface area contributed by atoms with Crippen molar-refractivity contribution >= 4 is 11.8 Å². The summed E-state index contributed by atoms with van der Waals surface area (Å²) >= 11 is 0.858. The average Bonchev–Trinajstić information content (AvgIpc) is 2.58. The standard InChI is InChI=1S/C19H18FNS/c20-18-12-17(10-11-19(18)22-13-21)16-8-6-15(7-9-16)14-4-2-1-3-5-14/h6-12,14H,1-5H2. The monoisotopic (exact) mass is 311 g/mol. The fourth-order valence-corrected chi connectivity index (χ4v) is 3.59. The maximum atomic E-state index is 13.9. The largest absolute Gasteiger partial charge is 0.206 e. The summed E-state index contributed by atoms with van der Waals surface area (Å²) in [7, 11) is 0. The van der Waals surface area contributed by atoms with Crippen LogP contribution in [0, 0.1) is 16.5 Å². The summed E-state index contributed by atoms with van der Waals surface area (Å²) < 4.78 is 13.9. The second-order valence-corrected chi connectivity index (χ2v) is 6.62. The van der Waals surface area contributed by atoms with E-state index in [1.54, 1.807) is 6.07 Å². The van der Waals surface area contributed by atoms with Crippen LogP contribution in [0.5, 0.6) is 0 Å². The summed E-state index contributed by atoms with van der Waals surface area (Å²) in [5.74, 6) is 0.356. The molecule has 3 heteroatoms. The van der Waals surface area contributed by atoms with Crippen molar-refractivity contribution in [1.29, 1.82) is 5.26 Å². The van der Waals surface area contributed by atoms with Gasteiger partial charge in [0.25, 0.3) is 0 Å². The Bertz CT molecular complexity index is 682. The van der Waals surface area contributed by atoms with E-state index in [4.69, 9.17) is 5.26 Å². The molecule has 3 rings (SSSR count). The molecule has 2 aromatic rings. The molecule has 112 valence electrons. The lowest BCUT2D eigenvalue weighted by molar-refractivity contribution is 0.443. The Labute approximate surface area is 135 Å². The van der Waals surface area contributed by atoms with Crippen molar-refractivity contribution in [3.63, 3.8) is 0 Å². The smallest absolute Gasteiger partial charge is 0.138 e. The maximum Gasteiger partial charge on any atom is 0.138 e. The molecule has 1 aliphatic rings. The number of hydrogen-bond acceptors (Lipinski definition) is 2. The molecule has 2 aromatic carbocycles. The number of rotatable bonds is 3. The molecule has 0 aromatic heterocycles. The lowest BCUT2D eigenvalue weighted by Gasteiger charge is -2.22. The molecule has 0 saturated heterocycles. The molecular formula is C19H18FNS. The fraction of sp³-hybridized carbons (Fsp3) is 0.316. The van der Waals surface area contributed by atoms with Gasteiger partial charge in [-0.2, -0.15) is 5.26 Å². The first-order valence-corrected chi connectivity index (χ1v) is 8.55. The highest BCUT2D eigenvalue weighted by Crippen LogP contribution is 2.34. The first kappa shape index (κ1) is 15.1. The van der Waals surface area contributed by atoms with Crippen molar-refractivity contribution in [1.82, 2.24) is 0 Å². The average molecular weight is 311 g/mol. The zero-order chi connectivity index (χ0) is 15.4. The normalized spacial score (nSPS) is 15.5. The van der Waals surface area contributed by atoms with Gasteiger partial charge in [0.1, 0.15) is 11.2 Å². The van der Waals surface area contributed by atoms with Crippen molar-refractivity contribution in [2.45, 2.75) is 42.9 Å². The third-order valence-corrected chi connectivity index (χ3v) is 5.05. The Balaban J connectivity index is 1.80. The van der Waals surface area contributed by atoms with Crippen LogP contribution in [0.1, 0.15) is 43.6 Å². The Hall–Kier alpha value is -1.79. The van der Waals surface area contributed by atoms with Gasteiger partial charge in [-0.15, -0.1) is 0 Å². The van der Waals surface area contributed by atoms with Crippen LogP contribution in [-0.2, 0) is 0 Å². The molecular weight excluding hydrogens is 293 g/mol. The van der Waals surface area contributed by atoms with Crippen LogP contribution in [-0.4, -0.2) is 0 Å². The number of nitriles is 1. The molecule has 0 N–H and O–H groups in total. The molecule has 1 fully saturated rings. The second kappa shape index (κ2) is 6.98. The molecule has 1 nitrogen and oxygen atoms in total. The Morgan fingerprint density at radius 1 is 0.955 bits per heavy atom. The van der Waals surface area contributed by atoms with E-state index in [1.165, 1.54) is 43.7 Å². The predicted octanol–water partition coefficient (Wildman–Crippen LogP) is 6.11. The lowest BCUT2D eigenvalue weighted by Crippen LogP contribution is -2.04. The quantitative estimate of drug-likeness (QED) is 0.504. The highest BCUT2D eigenvalue weighted by Gasteiger charge is 2.15. The van der Waals surface area contributed by atoms with E-state index in [-0.39, 0.29) is 5.82 Å². The van der Waals surface area contributed by atoms with Crippen LogP contribution < -0.4 is 0 Å². The number of thioether (sulfide) groups is 1. The van der Waals surface area contributed by atoms with Gasteiger partial charge < -0.3 is 0 Å². The van der Waals surface area contributed by atoms with Gasteiger partial charge in [0.15, 0.2) is 0 Å². The van der Waals surface area contributed by atoms with Crippen molar-refractivity contribution < 1.29 is 4.39 Å². The van der Waals surface area contributed by atoms with Crippen LogP contribution >= 0.6 is 11.8 Å². The number of thiocyanates is 1. The molecule has 0 bridgehead atoms. The van der Waals surface area contributed by atoms with Crippen LogP contribution in [0.3, 0.4) is 0 Å². The lowest BCUT2D eigenvalue weighted by atomic mass is 9.84. The summed E-state index contributed by atoms with van der Waals surface area (Å²) in [4.78, 5) is 0.380. The van der Waals surface area contributed by atoms with Gasteiger partial charge in [-0.3, -0.25) is 0 Å². The van der Waals surface area contributed by atoms with Gasteiger partial charge >= 0.3 is 0 Å². The van der Waals surface area contributed by atoms with E-state index in [1.807, 2.05) is 11.5 Å². The Morgan fingerprint density at radius 3 is 2.27 bits per heavy atom. The van der Waals surface area contributed by atoms with Crippen molar-refractivity contribution in [3.8, 4) is 16.5 Å². The van der Waals surface area contributed by atoms with Gasteiger partial charge in [0.2, 0.25) is 0 Å². The van der Waals surface area contributed by atoms with Gasteiger partial charge in [-0.25, -0.2) is 4.39 Å². The first-order valence-electron chi connectivity index (χ1n) is 7.74. The van der Waals surface area contributed by atoms with Crippen LogP contribution in [0.15, 0.2) is 47.4 Å². The van der Waals surface area contributed by atoms with Gasteiger partial charge in [0, 0.05) is 0 Å². The summed E-state index contributed by atoms with van der Waals surface area (Å²) in [6, 6.07) is 13.6. The molecule has 0 atom stereocenters. The SMILES string of the molecule is N#CSc1ccc(-c2ccc(C3CCCCC3)cc2)cc1F. The molecule has 0 heterocycles. The van der Waals surface area contributed by atoms with E-state index < -0.39 is 0 Å². The predicted molar refractivity (Wildman–Crippen MR) is 89.1 cm³/mol. The summed E-state index contributed by atoms with van der Waals surface area (Å²) in [5, 5.41) is 10.5. The fourth-order valence-electron chi connectivity index (χ4n) is 3.20. The van der Waals surface area contributed by atoms with E-state index in [0.717, 1.165) is 22.9 Å². The molecule has 22 heavy (non-hydrogen) atoms. The molecule has 0 spiro atoms. The summed E-state index contributed by atoms with van der Waals surface area (Å²) in [6.45, 7) is 0. The number of benzene rings is 2.